The van der Waals surface area contributed by atoms with Crippen LogP contribution in [-0.2, 0) is 10.5 Å². The van der Waals surface area contributed by atoms with Crippen molar-refractivity contribution in [2.24, 2.45) is 0 Å². The Morgan fingerprint density at radius 3 is 2.77 bits per heavy atom. The largest absolute Gasteiger partial charge is 0.462 e. The summed E-state index contributed by atoms with van der Waals surface area (Å²) in [4.78, 5) is 48.0. The SMILES string of the molecule is CCOC(=O)c1sc2nc(CSc3nc(C)cc(=O)[nH]3)cc(=O)n2c1C. The van der Waals surface area contributed by atoms with Crippen molar-refractivity contribution in [3.63, 3.8) is 0 Å². The van der Waals surface area contributed by atoms with E-state index in [9.17, 15) is 14.4 Å². The van der Waals surface area contributed by atoms with E-state index in [-0.39, 0.29) is 17.7 Å². The number of aryl methyl sites for hydroxylation is 2. The van der Waals surface area contributed by atoms with Crippen LogP contribution in [0.25, 0.3) is 4.96 Å². The van der Waals surface area contributed by atoms with Crippen LogP contribution in [0.1, 0.15) is 33.7 Å². The number of carbonyl (C=O) groups is 1. The molecule has 0 aliphatic heterocycles. The lowest BCUT2D eigenvalue weighted by atomic mass is 10.4. The number of aromatic amines is 1. The molecule has 3 rings (SSSR count). The van der Waals surface area contributed by atoms with E-state index < -0.39 is 5.97 Å². The number of hydrogen-bond acceptors (Lipinski definition) is 8. The molecule has 0 aromatic carbocycles. The van der Waals surface area contributed by atoms with Crippen molar-refractivity contribution in [1.82, 2.24) is 19.4 Å². The highest BCUT2D eigenvalue weighted by molar-refractivity contribution is 7.98. The summed E-state index contributed by atoms with van der Waals surface area (Å²) in [5.41, 5.74) is 1.19. The maximum atomic E-state index is 12.4. The first-order chi connectivity index (χ1) is 12.4. The molecule has 26 heavy (non-hydrogen) atoms. The number of thioether (sulfide) groups is 1. The van der Waals surface area contributed by atoms with E-state index in [1.807, 2.05) is 0 Å². The number of ether oxygens (including phenoxy) is 1. The van der Waals surface area contributed by atoms with Gasteiger partial charge in [-0.05, 0) is 20.8 Å². The summed E-state index contributed by atoms with van der Waals surface area (Å²) in [5.74, 6) is -0.0959. The summed E-state index contributed by atoms with van der Waals surface area (Å²) >= 11 is 2.40. The molecule has 0 saturated heterocycles. The highest BCUT2D eigenvalue weighted by Crippen LogP contribution is 2.23. The van der Waals surface area contributed by atoms with Crippen molar-refractivity contribution in [3.8, 4) is 0 Å². The molecule has 8 nitrogen and oxygen atoms in total. The van der Waals surface area contributed by atoms with Gasteiger partial charge in [-0.2, -0.15) is 0 Å². The van der Waals surface area contributed by atoms with Gasteiger partial charge in [0.15, 0.2) is 10.1 Å². The molecule has 0 saturated carbocycles. The standard InChI is InChI=1S/C16H16N4O4S2/c1-4-24-14(23)13-9(3)20-12(22)6-10(18-16(20)26-13)7-25-15-17-8(2)5-11(21)19-15/h5-6H,4,7H2,1-3H3,(H,17,19,21). The number of carbonyl (C=O) groups excluding carboxylic acids is 1. The molecule has 0 spiro atoms. The van der Waals surface area contributed by atoms with Gasteiger partial charge in [-0.1, -0.05) is 23.1 Å². The molecule has 10 heteroatoms. The number of nitrogens with zero attached hydrogens (tertiary/aromatic N) is 3. The second kappa shape index (κ2) is 7.42. The van der Waals surface area contributed by atoms with Crippen LogP contribution < -0.4 is 11.1 Å². The van der Waals surface area contributed by atoms with Crippen molar-refractivity contribution in [3.05, 3.63) is 54.8 Å². The maximum Gasteiger partial charge on any atom is 0.350 e. The molecule has 0 aliphatic carbocycles. The summed E-state index contributed by atoms with van der Waals surface area (Å²) in [7, 11) is 0. The predicted molar refractivity (Wildman–Crippen MR) is 99.2 cm³/mol. The minimum absolute atomic E-state index is 0.226. The van der Waals surface area contributed by atoms with Crippen LogP contribution in [0.4, 0.5) is 0 Å². The summed E-state index contributed by atoms with van der Waals surface area (Å²) < 4.78 is 6.42. The number of aromatic nitrogens is 4. The van der Waals surface area contributed by atoms with Gasteiger partial charge in [-0.3, -0.25) is 14.0 Å². The molecule has 0 amide bonds. The Balaban J connectivity index is 1.92. The molecular weight excluding hydrogens is 376 g/mol. The Morgan fingerprint density at radius 1 is 1.31 bits per heavy atom. The molecule has 0 aliphatic rings. The van der Waals surface area contributed by atoms with E-state index in [0.717, 1.165) is 11.3 Å². The van der Waals surface area contributed by atoms with Crippen LogP contribution in [0, 0.1) is 13.8 Å². The van der Waals surface area contributed by atoms with Crippen molar-refractivity contribution in [2.75, 3.05) is 6.61 Å². The zero-order valence-electron chi connectivity index (χ0n) is 14.4. The number of H-pyrrole nitrogens is 1. The van der Waals surface area contributed by atoms with E-state index in [0.29, 0.717) is 37.8 Å². The Bertz CT molecular complexity index is 1100. The first-order valence-electron chi connectivity index (χ1n) is 7.79. The Morgan fingerprint density at radius 2 is 2.08 bits per heavy atom. The topological polar surface area (TPSA) is 106 Å². The Hall–Kier alpha value is -2.46. The number of nitrogens with one attached hydrogen (secondary N) is 1. The van der Waals surface area contributed by atoms with E-state index in [1.54, 1.807) is 20.8 Å². The zero-order valence-corrected chi connectivity index (χ0v) is 16.0. The van der Waals surface area contributed by atoms with Gasteiger partial charge in [0.2, 0.25) is 0 Å². The first-order valence-corrected chi connectivity index (χ1v) is 9.59. The fourth-order valence-corrected chi connectivity index (χ4v) is 4.23. The van der Waals surface area contributed by atoms with Crippen molar-refractivity contribution in [2.45, 2.75) is 31.7 Å². The molecule has 0 radical (unpaired) electrons. The summed E-state index contributed by atoms with van der Waals surface area (Å²) in [6.07, 6.45) is 0. The number of rotatable bonds is 5. The molecule has 0 atom stereocenters. The maximum absolute atomic E-state index is 12.4. The lowest BCUT2D eigenvalue weighted by Crippen LogP contribution is -2.16. The molecule has 0 fully saturated rings. The van der Waals surface area contributed by atoms with Crippen LogP contribution >= 0.6 is 23.1 Å². The fourth-order valence-electron chi connectivity index (χ4n) is 2.37. The average Bonchev–Trinajstić information content (AvgIpc) is 2.90. The van der Waals surface area contributed by atoms with Gasteiger partial charge in [0.1, 0.15) is 4.88 Å². The van der Waals surface area contributed by atoms with Gasteiger partial charge in [0, 0.05) is 23.6 Å². The molecule has 0 bridgehead atoms. The summed E-state index contributed by atoms with van der Waals surface area (Å²) in [6, 6.07) is 2.83. The van der Waals surface area contributed by atoms with Crippen LogP contribution in [0.3, 0.4) is 0 Å². The number of thiazole rings is 1. The molecule has 0 unspecified atom stereocenters. The van der Waals surface area contributed by atoms with E-state index >= 15 is 0 Å². The number of esters is 1. The van der Waals surface area contributed by atoms with Crippen LogP contribution in [0.2, 0.25) is 0 Å². The minimum Gasteiger partial charge on any atom is -0.462 e. The van der Waals surface area contributed by atoms with Gasteiger partial charge >= 0.3 is 5.97 Å². The molecule has 3 aromatic heterocycles. The zero-order chi connectivity index (χ0) is 18.8. The minimum atomic E-state index is -0.461. The lowest BCUT2D eigenvalue weighted by molar-refractivity contribution is 0.0531. The van der Waals surface area contributed by atoms with Crippen LogP contribution in [-0.4, -0.2) is 31.9 Å². The quantitative estimate of drug-likeness (QED) is 0.402. The smallest absolute Gasteiger partial charge is 0.350 e. The normalized spacial score (nSPS) is 11.0. The molecule has 1 N–H and O–H groups in total. The van der Waals surface area contributed by atoms with Crippen LogP contribution in [0.5, 0.6) is 0 Å². The number of hydrogen-bond donors (Lipinski definition) is 1. The second-order valence-electron chi connectivity index (χ2n) is 5.42. The van der Waals surface area contributed by atoms with E-state index in [2.05, 4.69) is 15.0 Å². The van der Waals surface area contributed by atoms with Crippen molar-refractivity contribution < 1.29 is 9.53 Å². The first kappa shape index (κ1) is 18.3. The van der Waals surface area contributed by atoms with Gasteiger partial charge in [0.05, 0.1) is 18.0 Å². The second-order valence-corrected chi connectivity index (χ2v) is 7.36. The number of fused-ring (bicyclic) bond motifs is 1. The van der Waals surface area contributed by atoms with Crippen molar-refractivity contribution in [1.29, 1.82) is 0 Å². The average molecular weight is 392 g/mol. The third kappa shape index (κ3) is 3.70. The van der Waals surface area contributed by atoms with E-state index in [1.165, 1.54) is 28.3 Å². The third-order valence-electron chi connectivity index (χ3n) is 3.46. The third-order valence-corrected chi connectivity index (χ3v) is 5.49. The molecule has 136 valence electrons. The van der Waals surface area contributed by atoms with Gasteiger partial charge < -0.3 is 9.72 Å². The predicted octanol–water partition coefficient (Wildman–Crippen LogP) is 1.93. The fraction of sp³-hybridized carbons (Fsp3) is 0.312. The summed E-state index contributed by atoms with van der Waals surface area (Å²) in [5, 5.41) is 0.464. The Kier molecular flexibility index (Phi) is 5.23. The van der Waals surface area contributed by atoms with Crippen LogP contribution in [0.15, 0.2) is 26.9 Å². The molecule has 3 heterocycles. The monoisotopic (exact) mass is 392 g/mol. The molecular formula is C16H16N4O4S2. The van der Waals surface area contributed by atoms with Gasteiger partial charge in [-0.25, -0.2) is 14.8 Å². The Labute approximate surface area is 156 Å². The van der Waals surface area contributed by atoms with Gasteiger partial charge in [-0.15, -0.1) is 0 Å². The highest BCUT2D eigenvalue weighted by Gasteiger charge is 2.19. The van der Waals surface area contributed by atoms with Crippen molar-refractivity contribution >= 4 is 34.0 Å². The van der Waals surface area contributed by atoms with Gasteiger partial charge in [0.25, 0.3) is 11.1 Å². The molecule has 3 aromatic rings. The lowest BCUT2D eigenvalue weighted by Gasteiger charge is -2.02. The summed E-state index contributed by atoms with van der Waals surface area (Å²) in [6.45, 7) is 5.42. The van der Waals surface area contributed by atoms with E-state index in [4.69, 9.17) is 4.74 Å². The highest BCUT2D eigenvalue weighted by atomic mass is 32.2.